The molecule has 2 aromatic rings. The molecule has 3 nitrogen and oxygen atoms in total. The molecule has 1 atom stereocenters. The normalized spacial score (nSPS) is 15.8. The highest BCUT2D eigenvalue weighted by Gasteiger charge is 2.23. The van der Waals surface area contributed by atoms with Crippen molar-refractivity contribution >= 4 is 0 Å². The quantitative estimate of drug-likeness (QED) is 0.872. The lowest BCUT2D eigenvalue weighted by Crippen LogP contribution is -2.21. The number of benzene rings is 1. The molecule has 1 heterocycles. The van der Waals surface area contributed by atoms with Gasteiger partial charge in [-0.25, -0.2) is 0 Å². The van der Waals surface area contributed by atoms with Crippen molar-refractivity contribution in [1.82, 2.24) is 10.3 Å². The molecule has 1 unspecified atom stereocenters. The Morgan fingerprint density at radius 1 is 1.10 bits per heavy atom. The molecule has 20 heavy (non-hydrogen) atoms. The monoisotopic (exact) mass is 268 g/mol. The van der Waals surface area contributed by atoms with Crippen LogP contribution in [0.3, 0.4) is 0 Å². The van der Waals surface area contributed by atoms with Crippen molar-refractivity contribution in [2.45, 2.75) is 31.9 Å². The molecule has 0 spiro atoms. The van der Waals surface area contributed by atoms with Crippen LogP contribution in [-0.4, -0.2) is 17.6 Å². The highest BCUT2D eigenvalue weighted by atomic mass is 16.5. The van der Waals surface area contributed by atoms with Crippen LogP contribution in [0.1, 0.15) is 36.9 Å². The van der Waals surface area contributed by atoms with E-state index in [0.717, 1.165) is 12.3 Å². The minimum atomic E-state index is 0.206. The summed E-state index contributed by atoms with van der Waals surface area (Å²) < 4.78 is 5.80. The van der Waals surface area contributed by atoms with Gasteiger partial charge >= 0.3 is 0 Å². The van der Waals surface area contributed by atoms with Gasteiger partial charge in [-0.3, -0.25) is 4.98 Å². The molecule has 104 valence electrons. The van der Waals surface area contributed by atoms with E-state index in [1.807, 2.05) is 12.4 Å². The minimum absolute atomic E-state index is 0.206. The first-order valence-corrected chi connectivity index (χ1v) is 7.26. The van der Waals surface area contributed by atoms with Gasteiger partial charge in [0.25, 0.3) is 0 Å². The molecule has 1 aromatic carbocycles. The molecule has 0 amide bonds. The van der Waals surface area contributed by atoms with E-state index in [2.05, 4.69) is 53.6 Å². The second kappa shape index (κ2) is 6.06. The van der Waals surface area contributed by atoms with Gasteiger partial charge in [-0.1, -0.05) is 19.1 Å². The molecule has 0 radical (unpaired) electrons. The van der Waals surface area contributed by atoms with Gasteiger partial charge in [-0.2, -0.15) is 0 Å². The maximum Gasteiger partial charge on any atom is 0.119 e. The summed E-state index contributed by atoms with van der Waals surface area (Å²) in [4.78, 5) is 4.09. The zero-order valence-corrected chi connectivity index (χ0v) is 11.8. The Labute approximate surface area is 120 Å². The summed E-state index contributed by atoms with van der Waals surface area (Å²) in [5, 5.41) is 3.52. The van der Waals surface area contributed by atoms with Crippen LogP contribution in [0.5, 0.6) is 5.75 Å². The highest BCUT2D eigenvalue weighted by Crippen LogP contribution is 2.28. The van der Waals surface area contributed by atoms with Crippen LogP contribution in [0.2, 0.25) is 0 Å². The zero-order valence-electron chi connectivity index (χ0n) is 11.8. The summed E-state index contributed by atoms with van der Waals surface area (Å²) in [6.45, 7) is 3.05. The van der Waals surface area contributed by atoms with E-state index in [-0.39, 0.29) is 6.04 Å². The van der Waals surface area contributed by atoms with Crippen LogP contribution in [0.4, 0.5) is 0 Å². The third-order valence-electron chi connectivity index (χ3n) is 3.49. The SMILES string of the molecule is CCNC(c1ccncc1)c1ccc(OC2CC2)cc1. The topological polar surface area (TPSA) is 34.2 Å². The molecule has 0 aliphatic heterocycles. The fourth-order valence-electron chi connectivity index (χ4n) is 2.31. The van der Waals surface area contributed by atoms with Gasteiger partial charge in [0, 0.05) is 12.4 Å². The fraction of sp³-hybridized carbons (Fsp3) is 0.353. The minimum Gasteiger partial charge on any atom is -0.490 e. The van der Waals surface area contributed by atoms with E-state index >= 15 is 0 Å². The van der Waals surface area contributed by atoms with E-state index in [4.69, 9.17) is 4.74 Å². The molecular weight excluding hydrogens is 248 g/mol. The van der Waals surface area contributed by atoms with Gasteiger partial charge in [0.1, 0.15) is 5.75 Å². The van der Waals surface area contributed by atoms with Crippen LogP contribution in [0.15, 0.2) is 48.8 Å². The molecule has 1 aliphatic carbocycles. The molecule has 1 aromatic heterocycles. The molecule has 3 rings (SSSR count). The van der Waals surface area contributed by atoms with Gasteiger partial charge in [0.05, 0.1) is 12.1 Å². The first-order valence-electron chi connectivity index (χ1n) is 7.26. The Morgan fingerprint density at radius 3 is 2.35 bits per heavy atom. The van der Waals surface area contributed by atoms with E-state index < -0.39 is 0 Å². The second-order valence-corrected chi connectivity index (χ2v) is 5.16. The van der Waals surface area contributed by atoms with E-state index in [1.165, 1.54) is 24.0 Å². The number of hydrogen-bond acceptors (Lipinski definition) is 3. The van der Waals surface area contributed by atoms with Gasteiger partial charge in [-0.05, 0) is 54.8 Å². The number of nitrogens with one attached hydrogen (secondary N) is 1. The Kier molecular flexibility index (Phi) is 3.97. The molecule has 0 saturated heterocycles. The average Bonchev–Trinajstić information content (AvgIpc) is 3.31. The van der Waals surface area contributed by atoms with Crippen molar-refractivity contribution < 1.29 is 4.74 Å². The first-order chi connectivity index (χ1) is 9.86. The van der Waals surface area contributed by atoms with Gasteiger partial charge in [-0.15, -0.1) is 0 Å². The lowest BCUT2D eigenvalue weighted by atomic mass is 9.99. The predicted octanol–water partition coefficient (Wildman–Crippen LogP) is 3.32. The number of pyridine rings is 1. The van der Waals surface area contributed by atoms with Crippen molar-refractivity contribution in [3.8, 4) is 5.75 Å². The van der Waals surface area contributed by atoms with Crippen LogP contribution >= 0.6 is 0 Å². The van der Waals surface area contributed by atoms with Crippen molar-refractivity contribution in [1.29, 1.82) is 0 Å². The van der Waals surface area contributed by atoms with Crippen LogP contribution < -0.4 is 10.1 Å². The van der Waals surface area contributed by atoms with Crippen molar-refractivity contribution in [3.63, 3.8) is 0 Å². The van der Waals surface area contributed by atoms with Crippen LogP contribution in [0.25, 0.3) is 0 Å². The molecule has 1 fully saturated rings. The molecule has 1 N–H and O–H groups in total. The Balaban J connectivity index is 1.79. The molecular formula is C17H20N2O. The van der Waals surface area contributed by atoms with Crippen molar-refractivity contribution in [3.05, 3.63) is 59.9 Å². The van der Waals surface area contributed by atoms with Gasteiger partial charge in [0.15, 0.2) is 0 Å². The van der Waals surface area contributed by atoms with Gasteiger partial charge < -0.3 is 10.1 Å². The maximum absolute atomic E-state index is 5.80. The summed E-state index contributed by atoms with van der Waals surface area (Å²) in [6.07, 6.45) is 6.51. The Morgan fingerprint density at radius 2 is 1.75 bits per heavy atom. The number of nitrogens with zero attached hydrogens (tertiary/aromatic N) is 1. The Hall–Kier alpha value is -1.87. The van der Waals surface area contributed by atoms with Crippen LogP contribution in [0, 0.1) is 0 Å². The smallest absolute Gasteiger partial charge is 0.119 e. The summed E-state index contributed by atoms with van der Waals surface area (Å²) in [7, 11) is 0. The molecule has 1 aliphatic rings. The largest absolute Gasteiger partial charge is 0.490 e. The third-order valence-corrected chi connectivity index (χ3v) is 3.49. The standard InChI is InChI=1S/C17H20N2O/c1-2-19-17(14-9-11-18-12-10-14)13-3-5-15(6-4-13)20-16-7-8-16/h3-6,9-12,16-17,19H,2,7-8H2,1H3. The number of hydrogen-bond donors (Lipinski definition) is 1. The number of aromatic nitrogens is 1. The van der Waals surface area contributed by atoms with Crippen molar-refractivity contribution in [2.75, 3.05) is 6.54 Å². The summed E-state index contributed by atoms with van der Waals surface area (Å²) in [5.41, 5.74) is 2.49. The summed E-state index contributed by atoms with van der Waals surface area (Å²) in [6, 6.07) is 12.7. The second-order valence-electron chi connectivity index (χ2n) is 5.16. The molecule has 3 heteroatoms. The summed E-state index contributed by atoms with van der Waals surface area (Å²) >= 11 is 0. The summed E-state index contributed by atoms with van der Waals surface area (Å²) in [5.74, 6) is 0.973. The average molecular weight is 268 g/mol. The number of rotatable bonds is 6. The van der Waals surface area contributed by atoms with E-state index in [9.17, 15) is 0 Å². The fourth-order valence-corrected chi connectivity index (χ4v) is 2.31. The molecule has 1 saturated carbocycles. The highest BCUT2D eigenvalue weighted by molar-refractivity contribution is 5.35. The lowest BCUT2D eigenvalue weighted by molar-refractivity contribution is 0.303. The van der Waals surface area contributed by atoms with E-state index in [1.54, 1.807) is 0 Å². The zero-order chi connectivity index (χ0) is 13.8. The Bertz CT molecular complexity index is 535. The molecule has 0 bridgehead atoms. The van der Waals surface area contributed by atoms with Crippen LogP contribution in [-0.2, 0) is 0 Å². The predicted molar refractivity (Wildman–Crippen MR) is 79.8 cm³/mol. The van der Waals surface area contributed by atoms with Crippen molar-refractivity contribution in [2.24, 2.45) is 0 Å². The van der Waals surface area contributed by atoms with E-state index in [0.29, 0.717) is 6.10 Å². The lowest BCUT2D eigenvalue weighted by Gasteiger charge is -2.19. The number of ether oxygens (including phenoxy) is 1. The maximum atomic E-state index is 5.80. The van der Waals surface area contributed by atoms with Gasteiger partial charge in [0.2, 0.25) is 0 Å². The first kappa shape index (κ1) is 13.1. The third kappa shape index (κ3) is 3.17.